The first kappa shape index (κ1) is 14.1. The number of imidazole rings is 1. The summed E-state index contributed by atoms with van der Waals surface area (Å²) >= 11 is 0. The number of likely N-dealkylation sites (tertiary alicyclic amines) is 1. The molecule has 1 aromatic heterocycles. The lowest BCUT2D eigenvalue weighted by Gasteiger charge is -2.30. The summed E-state index contributed by atoms with van der Waals surface area (Å²) in [6, 6.07) is 6.22. The number of piperidine rings is 1. The molecule has 2 aromatic rings. The summed E-state index contributed by atoms with van der Waals surface area (Å²) in [4.78, 5) is 22.0. The number of nitrogens with two attached hydrogens (primary N) is 1. The molecule has 5 nitrogen and oxygen atoms in total. The smallest absolute Gasteiger partial charge is 0.223 e. The van der Waals surface area contributed by atoms with E-state index in [0.29, 0.717) is 19.4 Å². The number of nitrogens with zero attached hydrogens (tertiary/aromatic N) is 2. The monoisotopic (exact) mass is 286 g/mol. The van der Waals surface area contributed by atoms with E-state index in [1.165, 1.54) is 0 Å². The maximum atomic E-state index is 12.2. The zero-order valence-corrected chi connectivity index (χ0v) is 12.4. The second kappa shape index (κ2) is 5.85. The molecular formula is C16H22N4O. The molecule has 1 atom stereocenters. The SMILES string of the molecule is Cc1cccc2[nH]c(CCC(=O)N3CCCC(N)C3)nc12. The van der Waals surface area contributed by atoms with Crippen molar-refractivity contribution in [2.75, 3.05) is 13.1 Å². The molecule has 0 spiro atoms. The number of hydrogen-bond donors (Lipinski definition) is 2. The average molecular weight is 286 g/mol. The Morgan fingerprint density at radius 2 is 2.38 bits per heavy atom. The minimum absolute atomic E-state index is 0.136. The van der Waals surface area contributed by atoms with Crippen molar-refractivity contribution in [1.29, 1.82) is 0 Å². The number of aromatic amines is 1. The number of benzene rings is 1. The molecule has 2 heterocycles. The van der Waals surface area contributed by atoms with E-state index in [9.17, 15) is 4.79 Å². The Morgan fingerprint density at radius 1 is 1.52 bits per heavy atom. The fourth-order valence-electron chi connectivity index (χ4n) is 2.96. The van der Waals surface area contributed by atoms with Crippen LogP contribution in [0.15, 0.2) is 18.2 Å². The minimum atomic E-state index is 0.136. The zero-order valence-electron chi connectivity index (χ0n) is 12.4. The van der Waals surface area contributed by atoms with Crippen LogP contribution in [0.1, 0.15) is 30.7 Å². The van der Waals surface area contributed by atoms with Crippen molar-refractivity contribution in [3.8, 4) is 0 Å². The summed E-state index contributed by atoms with van der Waals surface area (Å²) in [5.41, 5.74) is 9.12. The Labute approximate surface area is 124 Å². The lowest BCUT2D eigenvalue weighted by atomic mass is 10.1. The van der Waals surface area contributed by atoms with Crippen LogP contribution in [0, 0.1) is 6.92 Å². The van der Waals surface area contributed by atoms with Crippen molar-refractivity contribution in [2.24, 2.45) is 5.73 Å². The van der Waals surface area contributed by atoms with Crippen LogP contribution < -0.4 is 5.73 Å². The molecule has 3 N–H and O–H groups in total. The van der Waals surface area contributed by atoms with Gasteiger partial charge >= 0.3 is 0 Å². The second-order valence-corrected chi connectivity index (χ2v) is 5.90. The molecule has 1 unspecified atom stereocenters. The van der Waals surface area contributed by atoms with Gasteiger partial charge in [-0.3, -0.25) is 4.79 Å². The maximum absolute atomic E-state index is 12.2. The molecule has 21 heavy (non-hydrogen) atoms. The summed E-state index contributed by atoms with van der Waals surface area (Å²) < 4.78 is 0. The molecule has 1 saturated heterocycles. The lowest BCUT2D eigenvalue weighted by molar-refractivity contribution is -0.132. The van der Waals surface area contributed by atoms with E-state index < -0.39 is 0 Å². The van der Waals surface area contributed by atoms with Gasteiger partial charge in [0.15, 0.2) is 0 Å². The highest BCUT2D eigenvalue weighted by atomic mass is 16.2. The number of hydrogen-bond acceptors (Lipinski definition) is 3. The van der Waals surface area contributed by atoms with Gasteiger partial charge in [0.2, 0.25) is 5.91 Å². The highest BCUT2D eigenvalue weighted by Crippen LogP contribution is 2.17. The quantitative estimate of drug-likeness (QED) is 0.902. The van der Waals surface area contributed by atoms with E-state index in [1.807, 2.05) is 30.0 Å². The predicted molar refractivity (Wildman–Crippen MR) is 82.9 cm³/mol. The summed E-state index contributed by atoms with van der Waals surface area (Å²) in [5.74, 6) is 1.07. The van der Waals surface area contributed by atoms with Gasteiger partial charge in [-0.15, -0.1) is 0 Å². The molecule has 1 aromatic carbocycles. The van der Waals surface area contributed by atoms with Gasteiger partial charge in [-0.2, -0.15) is 0 Å². The van der Waals surface area contributed by atoms with Crippen LogP contribution in [0.5, 0.6) is 0 Å². The number of rotatable bonds is 3. The molecule has 0 aliphatic carbocycles. The van der Waals surface area contributed by atoms with Crippen LogP contribution in [0.3, 0.4) is 0 Å². The first-order valence-corrected chi connectivity index (χ1v) is 7.61. The number of carbonyl (C=O) groups is 1. The van der Waals surface area contributed by atoms with Crippen molar-refractivity contribution < 1.29 is 4.79 Å². The number of H-pyrrole nitrogens is 1. The van der Waals surface area contributed by atoms with Crippen molar-refractivity contribution in [3.63, 3.8) is 0 Å². The van der Waals surface area contributed by atoms with Gasteiger partial charge in [-0.05, 0) is 31.4 Å². The summed E-state index contributed by atoms with van der Waals surface area (Å²) in [5, 5.41) is 0. The van der Waals surface area contributed by atoms with E-state index in [1.54, 1.807) is 0 Å². The van der Waals surface area contributed by atoms with E-state index in [0.717, 1.165) is 41.8 Å². The number of amides is 1. The number of carbonyl (C=O) groups excluding carboxylic acids is 1. The Balaban J connectivity index is 1.63. The van der Waals surface area contributed by atoms with Crippen molar-refractivity contribution in [2.45, 2.75) is 38.6 Å². The number of nitrogens with one attached hydrogen (secondary N) is 1. The zero-order chi connectivity index (χ0) is 14.8. The van der Waals surface area contributed by atoms with Gasteiger partial charge in [0.1, 0.15) is 5.82 Å². The number of aryl methyl sites for hydroxylation is 2. The van der Waals surface area contributed by atoms with Gasteiger partial charge in [0.25, 0.3) is 0 Å². The molecular weight excluding hydrogens is 264 g/mol. The van der Waals surface area contributed by atoms with E-state index in [-0.39, 0.29) is 11.9 Å². The average Bonchev–Trinajstić information content (AvgIpc) is 2.89. The number of para-hydroxylation sites is 1. The van der Waals surface area contributed by atoms with Gasteiger partial charge < -0.3 is 15.6 Å². The Bertz CT molecular complexity index is 649. The van der Waals surface area contributed by atoms with Gasteiger partial charge in [-0.25, -0.2) is 4.98 Å². The van der Waals surface area contributed by atoms with Crippen molar-refractivity contribution in [3.05, 3.63) is 29.6 Å². The van der Waals surface area contributed by atoms with Crippen LogP contribution in [-0.2, 0) is 11.2 Å². The minimum Gasteiger partial charge on any atom is -0.342 e. The van der Waals surface area contributed by atoms with Crippen LogP contribution in [-0.4, -0.2) is 39.9 Å². The normalized spacial score (nSPS) is 19.1. The fourth-order valence-corrected chi connectivity index (χ4v) is 2.96. The largest absolute Gasteiger partial charge is 0.342 e. The molecule has 3 rings (SSSR count). The third-order valence-electron chi connectivity index (χ3n) is 4.15. The predicted octanol–water partition coefficient (Wildman–Crippen LogP) is 1.75. The third-order valence-corrected chi connectivity index (χ3v) is 4.15. The van der Waals surface area contributed by atoms with Crippen molar-refractivity contribution >= 4 is 16.9 Å². The van der Waals surface area contributed by atoms with Gasteiger partial charge in [0, 0.05) is 32.0 Å². The molecule has 1 aliphatic rings. The summed E-state index contributed by atoms with van der Waals surface area (Å²) in [7, 11) is 0. The van der Waals surface area contributed by atoms with E-state index in [4.69, 9.17) is 5.73 Å². The highest BCUT2D eigenvalue weighted by molar-refractivity contribution is 5.79. The molecule has 1 fully saturated rings. The fraction of sp³-hybridized carbons (Fsp3) is 0.500. The van der Waals surface area contributed by atoms with Crippen LogP contribution in [0.4, 0.5) is 0 Å². The number of aromatic nitrogens is 2. The Hall–Kier alpha value is -1.88. The topological polar surface area (TPSA) is 75.0 Å². The van der Waals surface area contributed by atoms with Crippen LogP contribution >= 0.6 is 0 Å². The second-order valence-electron chi connectivity index (χ2n) is 5.90. The maximum Gasteiger partial charge on any atom is 0.223 e. The highest BCUT2D eigenvalue weighted by Gasteiger charge is 2.21. The van der Waals surface area contributed by atoms with Crippen LogP contribution in [0.2, 0.25) is 0 Å². The first-order chi connectivity index (χ1) is 10.1. The first-order valence-electron chi connectivity index (χ1n) is 7.61. The van der Waals surface area contributed by atoms with Crippen LogP contribution in [0.25, 0.3) is 11.0 Å². The molecule has 1 amide bonds. The molecule has 0 radical (unpaired) electrons. The molecule has 0 saturated carbocycles. The Morgan fingerprint density at radius 3 is 3.14 bits per heavy atom. The van der Waals surface area contributed by atoms with E-state index in [2.05, 4.69) is 9.97 Å². The lowest BCUT2D eigenvalue weighted by Crippen LogP contribution is -2.45. The molecule has 5 heteroatoms. The Kier molecular flexibility index (Phi) is 3.92. The van der Waals surface area contributed by atoms with E-state index >= 15 is 0 Å². The standard InChI is InChI=1S/C16H22N4O/c1-11-4-2-6-13-16(11)19-14(18-13)7-8-15(21)20-9-3-5-12(17)10-20/h2,4,6,12H,3,5,7-10,17H2,1H3,(H,18,19). The molecule has 0 bridgehead atoms. The van der Waals surface area contributed by atoms with Gasteiger partial charge in [-0.1, -0.05) is 12.1 Å². The summed E-state index contributed by atoms with van der Waals surface area (Å²) in [6.07, 6.45) is 3.17. The molecule has 1 aliphatic heterocycles. The number of fused-ring (bicyclic) bond motifs is 1. The molecule has 112 valence electrons. The third kappa shape index (κ3) is 3.08. The summed E-state index contributed by atoms with van der Waals surface area (Å²) in [6.45, 7) is 3.58. The van der Waals surface area contributed by atoms with Crippen molar-refractivity contribution in [1.82, 2.24) is 14.9 Å². The van der Waals surface area contributed by atoms with Gasteiger partial charge in [0.05, 0.1) is 11.0 Å².